The van der Waals surface area contributed by atoms with Crippen molar-refractivity contribution in [2.45, 2.75) is 6.92 Å². The number of carbonyl (C=O) groups excluding carboxylic acids is 1. The van der Waals surface area contributed by atoms with Gasteiger partial charge < -0.3 is 5.11 Å². The van der Waals surface area contributed by atoms with Gasteiger partial charge in [0.15, 0.2) is 5.78 Å². The average molecular weight is 197 g/mol. The summed E-state index contributed by atoms with van der Waals surface area (Å²) in [6, 6.07) is 6.52. The van der Waals surface area contributed by atoms with Crippen molar-refractivity contribution in [3.63, 3.8) is 0 Å². The molecule has 68 valence electrons. The number of ketones is 1. The molecule has 1 aromatic rings. The molecule has 0 unspecified atom stereocenters. The van der Waals surface area contributed by atoms with Gasteiger partial charge in [0.1, 0.15) is 0 Å². The Morgan fingerprint density at radius 2 is 1.92 bits per heavy atom. The number of rotatable bonds is 2. The summed E-state index contributed by atoms with van der Waals surface area (Å²) in [7, 11) is 0. The zero-order valence-electron chi connectivity index (χ0n) is 7.12. The van der Waals surface area contributed by atoms with Gasteiger partial charge in [-0.25, -0.2) is 0 Å². The molecule has 3 heteroatoms. The van der Waals surface area contributed by atoms with Gasteiger partial charge >= 0.3 is 0 Å². The van der Waals surface area contributed by atoms with E-state index in [4.69, 9.17) is 16.7 Å². The van der Waals surface area contributed by atoms with Gasteiger partial charge in [-0.3, -0.25) is 4.79 Å². The Morgan fingerprint density at radius 3 is 2.38 bits per heavy atom. The molecule has 0 aliphatic heterocycles. The topological polar surface area (TPSA) is 37.3 Å². The SMILES string of the molecule is C/C(=C/O)C(=O)c1ccc(Cl)cc1. The second kappa shape index (κ2) is 4.10. The maximum Gasteiger partial charge on any atom is 0.191 e. The van der Waals surface area contributed by atoms with E-state index >= 15 is 0 Å². The summed E-state index contributed by atoms with van der Waals surface area (Å²) in [6.07, 6.45) is 0.803. The highest BCUT2D eigenvalue weighted by atomic mass is 35.5. The molecule has 1 N–H and O–H groups in total. The Bertz CT molecular complexity index is 338. The fraction of sp³-hybridized carbons (Fsp3) is 0.100. The number of hydrogen-bond acceptors (Lipinski definition) is 2. The standard InChI is InChI=1S/C10H9ClO2/c1-7(6-12)10(13)8-2-4-9(11)5-3-8/h2-6,12H,1H3/b7-6-. The molecule has 1 aromatic carbocycles. The van der Waals surface area contributed by atoms with E-state index in [0.717, 1.165) is 6.26 Å². The summed E-state index contributed by atoms with van der Waals surface area (Å²) in [6.45, 7) is 1.55. The van der Waals surface area contributed by atoms with Crippen LogP contribution in [0.5, 0.6) is 0 Å². The van der Waals surface area contributed by atoms with Crippen molar-refractivity contribution in [2.75, 3.05) is 0 Å². The normalized spacial score (nSPS) is 11.4. The maximum atomic E-state index is 11.4. The fourth-order valence-corrected chi connectivity index (χ4v) is 1.01. The van der Waals surface area contributed by atoms with Crippen LogP contribution in [0.1, 0.15) is 17.3 Å². The van der Waals surface area contributed by atoms with Crippen molar-refractivity contribution in [3.05, 3.63) is 46.7 Å². The lowest BCUT2D eigenvalue weighted by molar-refractivity contribution is 0.103. The highest BCUT2D eigenvalue weighted by Gasteiger charge is 2.06. The summed E-state index contributed by atoms with van der Waals surface area (Å²) in [5, 5.41) is 9.20. The highest BCUT2D eigenvalue weighted by molar-refractivity contribution is 6.30. The van der Waals surface area contributed by atoms with E-state index < -0.39 is 0 Å². The minimum atomic E-state index is -0.195. The van der Waals surface area contributed by atoms with E-state index in [1.54, 1.807) is 31.2 Å². The Morgan fingerprint density at radius 1 is 1.38 bits per heavy atom. The van der Waals surface area contributed by atoms with Crippen LogP contribution in [0.15, 0.2) is 36.1 Å². The Balaban J connectivity index is 2.97. The molecule has 0 bridgehead atoms. The van der Waals surface area contributed by atoms with Crippen molar-refractivity contribution in [1.82, 2.24) is 0 Å². The molecule has 0 spiro atoms. The van der Waals surface area contributed by atoms with Crippen LogP contribution in [0.4, 0.5) is 0 Å². The molecule has 0 heterocycles. The van der Waals surface area contributed by atoms with Gasteiger partial charge in [0.2, 0.25) is 0 Å². The van der Waals surface area contributed by atoms with E-state index in [-0.39, 0.29) is 5.78 Å². The minimum absolute atomic E-state index is 0.195. The van der Waals surface area contributed by atoms with Crippen LogP contribution in [0, 0.1) is 0 Å². The van der Waals surface area contributed by atoms with Crippen LogP contribution in [0.3, 0.4) is 0 Å². The summed E-state index contributed by atoms with van der Waals surface area (Å²) >= 11 is 5.65. The Kier molecular flexibility index (Phi) is 3.09. The quantitative estimate of drug-likeness (QED) is 0.449. The number of benzene rings is 1. The summed E-state index contributed by atoms with van der Waals surface area (Å²) < 4.78 is 0. The summed E-state index contributed by atoms with van der Waals surface area (Å²) in [5.41, 5.74) is 0.828. The Labute approximate surface area is 81.5 Å². The molecular formula is C10H9ClO2. The largest absolute Gasteiger partial charge is 0.515 e. The van der Waals surface area contributed by atoms with E-state index in [9.17, 15) is 4.79 Å². The first-order chi connectivity index (χ1) is 6.15. The molecule has 0 aromatic heterocycles. The molecule has 0 saturated carbocycles. The second-order valence-electron chi connectivity index (χ2n) is 2.65. The highest BCUT2D eigenvalue weighted by Crippen LogP contribution is 2.12. The van der Waals surface area contributed by atoms with Crippen LogP contribution in [-0.4, -0.2) is 10.9 Å². The molecule has 0 amide bonds. The molecule has 2 nitrogen and oxygen atoms in total. The number of carbonyl (C=O) groups is 1. The molecule has 0 aliphatic rings. The van der Waals surface area contributed by atoms with Gasteiger partial charge in [-0.2, -0.15) is 0 Å². The van der Waals surface area contributed by atoms with Crippen LogP contribution < -0.4 is 0 Å². The molecule has 0 saturated heterocycles. The number of halogens is 1. The monoisotopic (exact) mass is 196 g/mol. The lowest BCUT2D eigenvalue weighted by atomic mass is 10.1. The lowest BCUT2D eigenvalue weighted by Gasteiger charge is -1.99. The van der Waals surface area contributed by atoms with Crippen molar-refractivity contribution in [2.24, 2.45) is 0 Å². The van der Waals surface area contributed by atoms with Gasteiger partial charge in [-0.05, 0) is 31.2 Å². The number of aliphatic hydroxyl groups is 1. The van der Waals surface area contributed by atoms with E-state index in [0.29, 0.717) is 16.2 Å². The molecular weight excluding hydrogens is 188 g/mol. The molecule has 0 atom stereocenters. The minimum Gasteiger partial charge on any atom is -0.515 e. The number of allylic oxidation sites excluding steroid dienone is 1. The van der Waals surface area contributed by atoms with Gasteiger partial charge in [-0.15, -0.1) is 0 Å². The first-order valence-corrected chi connectivity index (χ1v) is 4.14. The van der Waals surface area contributed by atoms with Gasteiger partial charge in [0.05, 0.1) is 6.26 Å². The zero-order chi connectivity index (χ0) is 9.84. The maximum absolute atomic E-state index is 11.4. The van der Waals surface area contributed by atoms with Crippen LogP contribution in [0.25, 0.3) is 0 Å². The molecule has 0 fully saturated rings. The van der Waals surface area contributed by atoms with Gasteiger partial charge in [0.25, 0.3) is 0 Å². The molecule has 1 rings (SSSR count). The smallest absolute Gasteiger partial charge is 0.191 e. The fourth-order valence-electron chi connectivity index (χ4n) is 0.888. The zero-order valence-corrected chi connectivity index (χ0v) is 7.88. The first kappa shape index (κ1) is 9.81. The van der Waals surface area contributed by atoms with Crippen molar-refractivity contribution >= 4 is 17.4 Å². The third kappa shape index (κ3) is 2.33. The second-order valence-corrected chi connectivity index (χ2v) is 3.08. The Hall–Kier alpha value is -1.28. The predicted molar refractivity (Wildman–Crippen MR) is 52.2 cm³/mol. The third-order valence-corrected chi connectivity index (χ3v) is 1.91. The molecule has 13 heavy (non-hydrogen) atoms. The van der Waals surface area contributed by atoms with Crippen LogP contribution in [-0.2, 0) is 0 Å². The summed E-state index contributed by atoms with van der Waals surface area (Å²) in [5.74, 6) is -0.195. The number of hydrogen-bond donors (Lipinski definition) is 1. The van der Waals surface area contributed by atoms with Crippen molar-refractivity contribution < 1.29 is 9.90 Å². The average Bonchev–Trinajstić information content (AvgIpc) is 2.17. The van der Waals surface area contributed by atoms with Gasteiger partial charge in [0, 0.05) is 16.2 Å². The van der Waals surface area contributed by atoms with Crippen LogP contribution >= 0.6 is 11.6 Å². The molecule has 0 aliphatic carbocycles. The lowest BCUT2D eigenvalue weighted by Crippen LogP contribution is -1.99. The van der Waals surface area contributed by atoms with Gasteiger partial charge in [-0.1, -0.05) is 11.6 Å². The first-order valence-electron chi connectivity index (χ1n) is 3.76. The van der Waals surface area contributed by atoms with Crippen LogP contribution in [0.2, 0.25) is 5.02 Å². The van der Waals surface area contributed by atoms with E-state index in [1.807, 2.05) is 0 Å². The third-order valence-electron chi connectivity index (χ3n) is 1.66. The number of aliphatic hydroxyl groups excluding tert-OH is 1. The van der Waals surface area contributed by atoms with Crippen molar-refractivity contribution in [1.29, 1.82) is 0 Å². The summed E-state index contributed by atoms with van der Waals surface area (Å²) in [4.78, 5) is 11.4. The van der Waals surface area contributed by atoms with Crippen molar-refractivity contribution in [3.8, 4) is 0 Å². The van der Waals surface area contributed by atoms with E-state index in [1.165, 1.54) is 0 Å². The van der Waals surface area contributed by atoms with E-state index in [2.05, 4.69) is 0 Å². The molecule has 0 radical (unpaired) electrons. The predicted octanol–water partition coefficient (Wildman–Crippen LogP) is 2.98. The number of Topliss-reactive ketones (excluding diaryl/α,β-unsaturated/α-hetero) is 1.